The molecule has 2 saturated carbocycles. The van der Waals surface area contributed by atoms with Crippen LogP contribution in [0, 0.1) is 17.8 Å². The Balaban J connectivity index is 1.61. The average molecular weight is 331 g/mol. The molecular weight excluding hydrogens is 306 g/mol. The van der Waals surface area contributed by atoms with Gasteiger partial charge in [-0.2, -0.15) is 0 Å². The van der Waals surface area contributed by atoms with E-state index in [0.29, 0.717) is 29.4 Å². The van der Waals surface area contributed by atoms with E-state index in [1.54, 1.807) is 24.3 Å². The topological polar surface area (TPSA) is 75.6 Å². The molecule has 0 heterocycles. The Kier molecular flexibility index (Phi) is 5.19. The highest BCUT2D eigenvalue weighted by molar-refractivity contribution is 5.89. The van der Waals surface area contributed by atoms with E-state index < -0.39 is 12.0 Å². The Labute approximate surface area is 142 Å². The van der Waals surface area contributed by atoms with E-state index in [1.807, 2.05) is 0 Å². The van der Waals surface area contributed by atoms with Gasteiger partial charge in [0, 0.05) is 6.42 Å². The number of amides is 1. The van der Waals surface area contributed by atoms with Crippen LogP contribution >= 0.6 is 0 Å². The minimum absolute atomic E-state index is 0.0185. The third kappa shape index (κ3) is 3.61. The van der Waals surface area contributed by atoms with Crippen LogP contribution in [-0.2, 0) is 9.53 Å². The van der Waals surface area contributed by atoms with Crippen molar-refractivity contribution in [2.75, 3.05) is 13.7 Å². The molecule has 0 radical (unpaired) electrons. The first-order chi connectivity index (χ1) is 11.6. The summed E-state index contributed by atoms with van der Waals surface area (Å²) in [5.74, 6) is 1.57. The van der Waals surface area contributed by atoms with Crippen LogP contribution in [0.15, 0.2) is 24.3 Å². The van der Waals surface area contributed by atoms with Crippen molar-refractivity contribution in [2.24, 2.45) is 17.8 Å². The smallest absolute Gasteiger partial charge is 0.337 e. The van der Waals surface area contributed by atoms with Gasteiger partial charge in [0.15, 0.2) is 0 Å². The maximum absolute atomic E-state index is 12.4. The second kappa shape index (κ2) is 7.34. The summed E-state index contributed by atoms with van der Waals surface area (Å²) < 4.78 is 4.71. The van der Waals surface area contributed by atoms with Crippen LogP contribution in [0.1, 0.15) is 54.1 Å². The van der Waals surface area contributed by atoms with Gasteiger partial charge < -0.3 is 15.2 Å². The third-order valence-corrected chi connectivity index (χ3v) is 5.56. The minimum atomic E-state index is -0.499. The van der Waals surface area contributed by atoms with E-state index in [4.69, 9.17) is 4.74 Å². The molecule has 0 saturated heterocycles. The zero-order valence-electron chi connectivity index (χ0n) is 14.0. The molecule has 2 N–H and O–H groups in total. The molecule has 2 aliphatic carbocycles. The highest BCUT2D eigenvalue weighted by Crippen LogP contribution is 2.49. The fraction of sp³-hybridized carbons (Fsp3) is 0.579. The molecule has 0 aromatic heterocycles. The zero-order valence-corrected chi connectivity index (χ0v) is 14.0. The first-order valence-corrected chi connectivity index (χ1v) is 8.69. The van der Waals surface area contributed by atoms with Gasteiger partial charge in [-0.25, -0.2) is 4.79 Å². The number of benzene rings is 1. The predicted molar refractivity (Wildman–Crippen MR) is 89.3 cm³/mol. The van der Waals surface area contributed by atoms with Crippen LogP contribution in [-0.4, -0.2) is 30.7 Å². The van der Waals surface area contributed by atoms with Crippen molar-refractivity contribution < 1.29 is 19.4 Å². The highest BCUT2D eigenvalue weighted by atomic mass is 16.5. The van der Waals surface area contributed by atoms with Crippen LogP contribution in [0.3, 0.4) is 0 Å². The Morgan fingerprint density at radius 3 is 2.79 bits per heavy atom. The third-order valence-electron chi connectivity index (χ3n) is 5.56. The van der Waals surface area contributed by atoms with E-state index in [-0.39, 0.29) is 12.5 Å². The van der Waals surface area contributed by atoms with E-state index in [0.717, 1.165) is 5.92 Å². The lowest BCUT2D eigenvalue weighted by atomic mass is 9.86. The molecule has 130 valence electrons. The maximum atomic E-state index is 12.4. The summed E-state index contributed by atoms with van der Waals surface area (Å²) >= 11 is 0. The molecule has 1 aromatic carbocycles. The summed E-state index contributed by atoms with van der Waals surface area (Å²) in [6, 6.07) is 6.34. The van der Waals surface area contributed by atoms with Gasteiger partial charge in [-0.05, 0) is 54.7 Å². The molecule has 1 aromatic rings. The van der Waals surface area contributed by atoms with Crippen molar-refractivity contribution in [1.82, 2.24) is 5.32 Å². The molecule has 2 fully saturated rings. The summed E-state index contributed by atoms with van der Waals surface area (Å²) in [7, 11) is 1.33. The molecule has 4 atom stereocenters. The number of fused-ring (bicyclic) bond motifs is 2. The van der Waals surface area contributed by atoms with Crippen LogP contribution < -0.4 is 5.32 Å². The van der Waals surface area contributed by atoms with E-state index >= 15 is 0 Å². The standard InChI is InChI=1S/C19H25NO4/c1-24-19(23)15-4-2-3-14(9-15)17(11-21)20-18(22)10-16-8-12-5-6-13(16)7-12/h2-4,9,12-13,16-17,21H,5-8,10-11H2,1H3,(H,20,22). The summed E-state index contributed by atoms with van der Waals surface area (Å²) in [6.45, 7) is -0.201. The van der Waals surface area contributed by atoms with Gasteiger partial charge in [-0.1, -0.05) is 18.6 Å². The lowest BCUT2D eigenvalue weighted by molar-refractivity contribution is -0.123. The van der Waals surface area contributed by atoms with Crippen molar-refractivity contribution in [3.63, 3.8) is 0 Å². The number of methoxy groups -OCH3 is 1. The maximum Gasteiger partial charge on any atom is 0.337 e. The molecule has 5 nitrogen and oxygen atoms in total. The van der Waals surface area contributed by atoms with Gasteiger partial charge in [-0.15, -0.1) is 0 Å². The summed E-state index contributed by atoms with van der Waals surface area (Å²) in [4.78, 5) is 24.0. The number of hydrogen-bond donors (Lipinski definition) is 2. The minimum Gasteiger partial charge on any atom is -0.465 e. The molecule has 0 spiro atoms. The lowest BCUT2D eigenvalue weighted by Crippen LogP contribution is -2.33. The van der Waals surface area contributed by atoms with Crippen LogP contribution in [0.4, 0.5) is 0 Å². The number of aliphatic hydroxyl groups is 1. The molecule has 3 rings (SSSR count). The number of hydrogen-bond acceptors (Lipinski definition) is 4. The molecular formula is C19H25NO4. The molecule has 24 heavy (non-hydrogen) atoms. The summed E-state index contributed by atoms with van der Waals surface area (Å²) in [5, 5.41) is 12.6. The van der Waals surface area contributed by atoms with Crippen molar-refractivity contribution in [3.05, 3.63) is 35.4 Å². The van der Waals surface area contributed by atoms with E-state index in [1.165, 1.54) is 32.8 Å². The quantitative estimate of drug-likeness (QED) is 0.785. The van der Waals surface area contributed by atoms with Gasteiger partial charge in [0.05, 0.1) is 25.3 Å². The Morgan fingerprint density at radius 2 is 2.17 bits per heavy atom. The number of aliphatic hydroxyl groups excluding tert-OH is 1. The first-order valence-electron chi connectivity index (χ1n) is 8.69. The molecule has 1 amide bonds. The van der Waals surface area contributed by atoms with Gasteiger partial charge in [0.25, 0.3) is 0 Å². The zero-order chi connectivity index (χ0) is 17.1. The Morgan fingerprint density at radius 1 is 1.33 bits per heavy atom. The first kappa shape index (κ1) is 17.0. The normalized spacial score (nSPS) is 26.2. The largest absolute Gasteiger partial charge is 0.465 e. The number of nitrogens with one attached hydrogen (secondary N) is 1. The SMILES string of the molecule is COC(=O)c1cccc(C(CO)NC(=O)CC2CC3CCC2C3)c1. The Bertz CT molecular complexity index is 615. The van der Waals surface area contributed by atoms with Crippen LogP contribution in [0.5, 0.6) is 0 Å². The number of carbonyl (C=O) groups is 2. The fourth-order valence-electron chi connectivity index (χ4n) is 4.35. The van der Waals surface area contributed by atoms with E-state index in [9.17, 15) is 14.7 Å². The number of esters is 1. The fourth-order valence-corrected chi connectivity index (χ4v) is 4.35. The predicted octanol–water partition coefficient (Wildman–Crippen LogP) is 2.45. The second-order valence-corrected chi connectivity index (χ2v) is 7.06. The van der Waals surface area contributed by atoms with Gasteiger partial charge in [-0.3, -0.25) is 4.79 Å². The molecule has 5 heteroatoms. The van der Waals surface area contributed by atoms with Crippen molar-refractivity contribution in [2.45, 2.75) is 38.1 Å². The number of ether oxygens (including phenoxy) is 1. The second-order valence-electron chi connectivity index (χ2n) is 7.06. The van der Waals surface area contributed by atoms with Gasteiger partial charge in [0.2, 0.25) is 5.91 Å². The van der Waals surface area contributed by atoms with Crippen molar-refractivity contribution in [1.29, 1.82) is 0 Å². The molecule has 2 bridgehead atoms. The average Bonchev–Trinajstić information content (AvgIpc) is 3.22. The molecule has 4 unspecified atom stereocenters. The van der Waals surface area contributed by atoms with Gasteiger partial charge in [0.1, 0.15) is 0 Å². The van der Waals surface area contributed by atoms with Crippen LogP contribution in [0.25, 0.3) is 0 Å². The highest BCUT2D eigenvalue weighted by Gasteiger charge is 2.40. The summed E-state index contributed by atoms with van der Waals surface area (Å²) in [5.41, 5.74) is 1.12. The monoisotopic (exact) mass is 331 g/mol. The lowest BCUT2D eigenvalue weighted by Gasteiger charge is -2.23. The molecule has 2 aliphatic rings. The van der Waals surface area contributed by atoms with E-state index in [2.05, 4.69) is 5.32 Å². The van der Waals surface area contributed by atoms with Gasteiger partial charge >= 0.3 is 5.97 Å². The van der Waals surface area contributed by atoms with Crippen molar-refractivity contribution in [3.8, 4) is 0 Å². The number of rotatable bonds is 6. The molecule has 0 aliphatic heterocycles. The summed E-state index contributed by atoms with van der Waals surface area (Å²) in [6.07, 6.45) is 5.56. The number of carbonyl (C=O) groups excluding carboxylic acids is 2. The van der Waals surface area contributed by atoms with Crippen molar-refractivity contribution >= 4 is 11.9 Å². The van der Waals surface area contributed by atoms with Crippen LogP contribution in [0.2, 0.25) is 0 Å². The Hall–Kier alpha value is -1.88.